The van der Waals surface area contributed by atoms with E-state index in [-0.39, 0.29) is 12.8 Å². The number of hydrogen-bond donors (Lipinski definition) is 0. The Hall–Kier alpha value is -2.15. The minimum Gasteiger partial charge on any atom is -0.492 e. The lowest BCUT2D eigenvalue weighted by atomic mass is 9.96. The maximum absolute atomic E-state index is 12.7. The Labute approximate surface area is 151 Å². The molecule has 2 rings (SSSR count). The summed E-state index contributed by atoms with van der Waals surface area (Å²) in [5.74, 6) is 0.150. The second kappa shape index (κ2) is 10.1. The van der Waals surface area contributed by atoms with Crippen molar-refractivity contribution in [1.82, 2.24) is 4.98 Å². The van der Waals surface area contributed by atoms with Crippen molar-refractivity contribution in [3.63, 3.8) is 0 Å². The van der Waals surface area contributed by atoms with E-state index in [1.165, 1.54) is 0 Å². The summed E-state index contributed by atoms with van der Waals surface area (Å²) in [7, 11) is 0. The molecule has 0 aromatic carbocycles. The third-order valence-electron chi connectivity index (χ3n) is 4.49. The Balaban J connectivity index is 1.66. The van der Waals surface area contributed by atoms with Crippen molar-refractivity contribution in [3.05, 3.63) is 28.8 Å². The van der Waals surface area contributed by atoms with Gasteiger partial charge in [0.2, 0.25) is 0 Å². The lowest BCUT2D eigenvalue weighted by molar-refractivity contribution is -0.179. The van der Waals surface area contributed by atoms with Gasteiger partial charge in [-0.25, -0.2) is 4.98 Å². The van der Waals surface area contributed by atoms with Crippen molar-refractivity contribution >= 4 is 5.82 Å². The van der Waals surface area contributed by atoms with E-state index in [2.05, 4.69) is 15.0 Å². The maximum Gasteiger partial charge on any atom is 0.391 e. The molecule has 1 saturated heterocycles. The van der Waals surface area contributed by atoms with E-state index in [9.17, 15) is 13.2 Å². The second-order valence-electron chi connectivity index (χ2n) is 6.37. The van der Waals surface area contributed by atoms with Gasteiger partial charge in [-0.05, 0) is 43.3 Å². The Morgan fingerprint density at radius 3 is 2.54 bits per heavy atom. The number of unbranched alkanes of at least 4 members (excludes halogenated alkanes) is 3. The van der Waals surface area contributed by atoms with E-state index in [1.807, 2.05) is 4.90 Å². The predicted octanol–water partition coefficient (Wildman–Crippen LogP) is 5.11. The number of hydrogen-bond acceptors (Lipinski definition) is 4. The highest BCUT2D eigenvalue weighted by molar-refractivity contribution is 5.41. The summed E-state index contributed by atoms with van der Waals surface area (Å²) in [5, 5.41) is 3.48. The molecule has 0 amide bonds. The maximum atomic E-state index is 12.7. The molecule has 1 aliphatic heterocycles. The fourth-order valence-corrected chi connectivity index (χ4v) is 2.95. The highest BCUT2D eigenvalue weighted by Gasteiger charge is 2.41. The molecule has 0 N–H and O–H groups in total. The highest BCUT2D eigenvalue weighted by Crippen LogP contribution is 2.35. The molecule has 0 aliphatic carbocycles. The number of nitrogens with zero attached hydrogens (tertiary/aromatic N) is 5. The van der Waals surface area contributed by atoms with Gasteiger partial charge in [-0.3, -0.25) is 0 Å². The highest BCUT2D eigenvalue weighted by atomic mass is 19.4. The average Bonchev–Trinajstić information content (AvgIpc) is 2.64. The van der Waals surface area contributed by atoms with E-state index >= 15 is 0 Å². The first-order valence-corrected chi connectivity index (χ1v) is 8.92. The van der Waals surface area contributed by atoms with Gasteiger partial charge in [0.15, 0.2) is 0 Å². The second-order valence-corrected chi connectivity index (χ2v) is 6.37. The van der Waals surface area contributed by atoms with Gasteiger partial charge in [-0.2, -0.15) is 13.2 Å². The molecule has 144 valence electrons. The van der Waals surface area contributed by atoms with Crippen LogP contribution >= 0.6 is 0 Å². The first kappa shape index (κ1) is 20.2. The topological polar surface area (TPSA) is 74.1 Å². The number of azide groups is 1. The first-order chi connectivity index (χ1) is 12.5. The molecule has 0 saturated carbocycles. The molecule has 2 heterocycles. The van der Waals surface area contributed by atoms with Crippen LogP contribution in [0.1, 0.15) is 38.5 Å². The van der Waals surface area contributed by atoms with Gasteiger partial charge in [-0.1, -0.05) is 18.0 Å². The molecule has 1 aromatic heterocycles. The van der Waals surface area contributed by atoms with Crippen LogP contribution in [0.15, 0.2) is 23.4 Å². The zero-order valence-electron chi connectivity index (χ0n) is 14.7. The molecule has 1 aromatic rings. The van der Waals surface area contributed by atoms with Crippen LogP contribution in [-0.4, -0.2) is 37.4 Å². The summed E-state index contributed by atoms with van der Waals surface area (Å²) in [6.45, 7) is 1.85. The summed E-state index contributed by atoms with van der Waals surface area (Å²) < 4.78 is 43.7. The largest absolute Gasteiger partial charge is 0.492 e. The molecule has 0 unspecified atom stereocenters. The standard InChI is InChI=1S/C17H24F3N5O/c18-17(19,20)14-7-10-25(11-8-14)16-6-5-15(13-22-16)26-12-4-2-1-3-9-23-24-21/h5-6,13-14H,1-4,7-12H2. The van der Waals surface area contributed by atoms with Gasteiger partial charge >= 0.3 is 6.18 Å². The Kier molecular flexibility index (Phi) is 7.84. The van der Waals surface area contributed by atoms with Gasteiger partial charge in [0, 0.05) is 24.5 Å². The number of aromatic nitrogens is 1. The number of pyridine rings is 1. The van der Waals surface area contributed by atoms with Crippen LogP contribution in [0.25, 0.3) is 10.4 Å². The fourth-order valence-electron chi connectivity index (χ4n) is 2.95. The van der Waals surface area contributed by atoms with Crippen molar-refractivity contribution in [2.75, 3.05) is 31.1 Å². The van der Waals surface area contributed by atoms with Gasteiger partial charge in [-0.15, -0.1) is 0 Å². The average molecular weight is 371 g/mol. The smallest absolute Gasteiger partial charge is 0.391 e. The number of alkyl halides is 3. The van der Waals surface area contributed by atoms with Crippen LogP contribution in [0.3, 0.4) is 0 Å². The number of halogens is 3. The Morgan fingerprint density at radius 1 is 1.19 bits per heavy atom. The van der Waals surface area contributed by atoms with Crippen LogP contribution in [0.4, 0.5) is 19.0 Å². The van der Waals surface area contributed by atoms with Crippen molar-refractivity contribution < 1.29 is 17.9 Å². The lowest BCUT2D eigenvalue weighted by Crippen LogP contribution is -2.39. The molecule has 26 heavy (non-hydrogen) atoms. The molecule has 1 aliphatic rings. The van der Waals surface area contributed by atoms with Crippen LogP contribution in [0.5, 0.6) is 5.75 Å². The van der Waals surface area contributed by atoms with Gasteiger partial charge in [0.25, 0.3) is 0 Å². The van der Waals surface area contributed by atoms with E-state index in [0.717, 1.165) is 25.7 Å². The van der Waals surface area contributed by atoms with E-state index in [0.29, 0.717) is 37.8 Å². The van der Waals surface area contributed by atoms with E-state index < -0.39 is 12.1 Å². The first-order valence-electron chi connectivity index (χ1n) is 8.92. The van der Waals surface area contributed by atoms with Gasteiger partial charge < -0.3 is 9.64 Å². The van der Waals surface area contributed by atoms with Crippen molar-refractivity contribution in [3.8, 4) is 5.75 Å². The van der Waals surface area contributed by atoms with Crippen molar-refractivity contribution in [2.45, 2.75) is 44.7 Å². The number of piperidine rings is 1. The predicted molar refractivity (Wildman–Crippen MR) is 93.2 cm³/mol. The van der Waals surface area contributed by atoms with Crippen LogP contribution in [0, 0.1) is 5.92 Å². The third-order valence-corrected chi connectivity index (χ3v) is 4.49. The van der Waals surface area contributed by atoms with E-state index in [1.54, 1.807) is 18.3 Å². The summed E-state index contributed by atoms with van der Waals surface area (Å²) >= 11 is 0. The Bertz CT molecular complexity index is 579. The molecular formula is C17H24F3N5O. The quantitative estimate of drug-likeness (QED) is 0.262. The fraction of sp³-hybridized carbons (Fsp3) is 0.706. The molecule has 9 heteroatoms. The number of ether oxygens (including phenoxy) is 1. The zero-order valence-corrected chi connectivity index (χ0v) is 14.7. The van der Waals surface area contributed by atoms with Crippen LogP contribution in [-0.2, 0) is 0 Å². The molecule has 0 radical (unpaired) electrons. The monoisotopic (exact) mass is 371 g/mol. The SMILES string of the molecule is [N-]=[N+]=NCCCCCCOc1ccc(N2CCC(C(F)(F)F)CC2)nc1. The summed E-state index contributed by atoms with van der Waals surface area (Å²) in [4.78, 5) is 8.90. The molecular weight excluding hydrogens is 347 g/mol. The molecule has 0 bridgehead atoms. The lowest BCUT2D eigenvalue weighted by Gasteiger charge is -2.33. The van der Waals surface area contributed by atoms with Gasteiger partial charge in [0.1, 0.15) is 11.6 Å². The normalized spacial score (nSPS) is 15.6. The summed E-state index contributed by atoms with van der Waals surface area (Å²) in [5.41, 5.74) is 8.16. The van der Waals surface area contributed by atoms with Crippen molar-refractivity contribution in [2.24, 2.45) is 11.0 Å². The minimum atomic E-state index is -4.10. The molecule has 1 fully saturated rings. The minimum absolute atomic E-state index is 0.114. The Morgan fingerprint density at radius 2 is 1.92 bits per heavy atom. The molecule has 0 atom stereocenters. The van der Waals surface area contributed by atoms with Crippen molar-refractivity contribution in [1.29, 1.82) is 0 Å². The number of rotatable bonds is 9. The molecule has 0 spiro atoms. The van der Waals surface area contributed by atoms with Crippen LogP contribution < -0.4 is 9.64 Å². The van der Waals surface area contributed by atoms with Gasteiger partial charge in [0.05, 0.1) is 18.7 Å². The zero-order chi connectivity index (χ0) is 18.8. The van der Waals surface area contributed by atoms with Crippen LogP contribution in [0.2, 0.25) is 0 Å². The van der Waals surface area contributed by atoms with E-state index in [4.69, 9.17) is 10.3 Å². The summed E-state index contributed by atoms with van der Waals surface area (Å²) in [6.07, 6.45) is 1.53. The summed E-state index contributed by atoms with van der Waals surface area (Å²) in [6, 6.07) is 3.60. The third kappa shape index (κ3) is 6.63. The number of anilines is 1. The molecule has 6 nitrogen and oxygen atoms in total.